The maximum atomic E-state index is 13.4. The zero-order valence-electron chi connectivity index (χ0n) is 16.7. The molecule has 1 aromatic carbocycles. The number of amides is 2. The molecule has 0 unspecified atom stereocenters. The molecule has 0 atom stereocenters. The van der Waals surface area contributed by atoms with Gasteiger partial charge in [0.2, 0.25) is 0 Å². The van der Waals surface area contributed by atoms with E-state index >= 15 is 0 Å². The van der Waals surface area contributed by atoms with Gasteiger partial charge in [-0.3, -0.25) is 14.4 Å². The number of carbonyl (C=O) groups is 3. The van der Waals surface area contributed by atoms with Crippen molar-refractivity contribution < 1.29 is 18.8 Å². The fourth-order valence-corrected chi connectivity index (χ4v) is 3.13. The highest BCUT2D eigenvalue weighted by Crippen LogP contribution is 2.29. The van der Waals surface area contributed by atoms with Gasteiger partial charge in [0.15, 0.2) is 0 Å². The second-order valence-electron chi connectivity index (χ2n) is 7.63. The molecular weight excluding hydrogens is 385 g/mol. The summed E-state index contributed by atoms with van der Waals surface area (Å²) in [6.07, 6.45) is 0. The Balaban J connectivity index is 2.38. The molecule has 0 aliphatic rings. The van der Waals surface area contributed by atoms with E-state index < -0.39 is 23.1 Å². The Morgan fingerprint density at radius 2 is 1.75 bits per heavy atom. The predicted molar refractivity (Wildman–Crippen MR) is 106 cm³/mol. The van der Waals surface area contributed by atoms with Gasteiger partial charge in [-0.2, -0.15) is 0 Å². The molecule has 2 rings (SSSR count). The number of carbonyl (C=O) groups excluding carboxylic acids is 3. The molecule has 28 heavy (non-hydrogen) atoms. The lowest BCUT2D eigenvalue weighted by atomic mass is 10.1. The first kappa shape index (κ1) is 21.6. The number of anilines is 1. The van der Waals surface area contributed by atoms with Crippen molar-refractivity contribution in [1.29, 1.82) is 0 Å². The van der Waals surface area contributed by atoms with Gasteiger partial charge < -0.3 is 15.2 Å². The topological polar surface area (TPSA) is 80.2 Å². The van der Waals surface area contributed by atoms with Gasteiger partial charge in [0.1, 0.15) is 11.5 Å². The zero-order valence-corrected chi connectivity index (χ0v) is 17.4. The van der Waals surface area contributed by atoms with Crippen LogP contribution in [0.3, 0.4) is 0 Å². The van der Waals surface area contributed by atoms with Crippen LogP contribution in [0.4, 0.5) is 10.1 Å². The first-order chi connectivity index (χ1) is 12.8. The number of halogens is 2. The van der Waals surface area contributed by atoms with E-state index in [0.29, 0.717) is 16.9 Å². The molecule has 2 amide bonds. The van der Waals surface area contributed by atoms with Crippen molar-refractivity contribution in [3.05, 3.63) is 51.6 Å². The van der Waals surface area contributed by atoms with E-state index in [-0.39, 0.29) is 22.1 Å². The average molecular weight is 408 g/mol. The highest BCUT2D eigenvalue weighted by Gasteiger charge is 2.31. The number of nitrogens with zero attached hydrogens (tertiary/aromatic N) is 1. The minimum atomic E-state index is -0.831. The molecule has 0 saturated heterocycles. The Hall–Kier alpha value is -2.67. The number of rotatable bonds is 4. The van der Waals surface area contributed by atoms with Crippen molar-refractivity contribution in [3.8, 4) is 0 Å². The number of aromatic nitrogens is 1. The van der Waals surface area contributed by atoms with Crippen LogP contribution in [0.5, 0.6) is 0 Å². The van der Waals surface area contributed by atoms with Crippen LogP contribution in [-0.2, 0) is 11.8 Å². The summed E-state index contributed by atoms with van der Waals surface area (Å²) in [5.74, 6) is -2.58. The van der Waals surface area contributed by atoms with Crippen LogP contribution in [0.2, 0.25) is 5.02 Å². The van der Waals surface area contributed by atoms with Crippen molar-refractivity contribution in [2.75, 3.05) is 5.32 Å². The Labute approximate surface area is 168 Å². The molecule has 0 aliphatic carbocycles. The van der Waals surface area contributed by atoms with E-state index in [0.717, 1.165) is 0 Å². The summed E-state index contributed by atoms with van der Waals surface area (Å²) in [5, 5.41) is 5.12. The molecule has 0 radical (unpaired) electrons. The largest absolute Gasteiger partial charge is 0.345 e. The lowest BCUT2D eigenvalue weighted by Crippen LogP contribution is -2.44. The highest BCUT2D eigenvalue weighted by atomic mass is 35.5. The molecule has 0 aliphatic heterocycles. The lowest BCUT2D eigenvalue weighted by Gasteiger charge is -2.19. The minimum Gasteiger partial charge on any atom is -0.345 e. The average Bonchev–Trinajstić information content (AvgIpc) is 2.78. The number of Topliss-reactive ketones (excluding diaryl/α,β-unsaturated/α-hetero) is 1. The molecule has 8 heteroatoms. The fraction of sp³-hybridized carbons (Fsp3) is 0.350. The fourth-order valence-electron chi connectivity index (χ4n) is 2.70. The number of aryl methyl sites for hydroxylation is 1. The number of ketones is 1. The number of nitrogens with one attached hydrogen (secondary N) is 2. The van der Waals surface area contributed by atoms with Crippen molar-refractivity contribution in [3.63, 3.8) is 0 Å². The van der Waals surface area contributed by atoms with Crippen LogP contribution in [0.15, 0.2) is 18.2 Å². The van der Waals surface area contributed by atoms with Crippen LogP contribution in [-0.4, -0.2) is 27.7 Å². The first-order valence-corrected chi connectivity index (χ1v) is 9.00. The van der Waals surface area contributed by atoms with Gasteiger partial charge in [-0.1, -0.05) is 11.6 Å². The van der Waals surface area contributed by atoms with Crippen LogP contribution >= 0.6 is 11.6 Å². The maximum absolute atomic E-state index is 13.4. The molecule has 0 spiro atoms. The van der Waals surface area contributed by atoms with Crippen molar-refractivity contribution in [1.82, 2.24) is 9.88 Å². The summed E-state index contributed by atoms with van der Waals surface area (Å²) >= 11 is 6.32. The van der Waals surface area contributed by atoms with Crippen molar-refractivity contribution in [2.24, 2.45) is 7.05 Å². The quantitative estimate of drug-likeness (QED) is 0.597. The van der Waals surface area contributed by atoms with E-state index in [1.807, 2.05) is 0 Å². The highest BCUT2D eigenvalue weighted by molar-refractivity contribution is 6.48. The zero-order chi connectivity index (χ0) is 21.4. The third-order valence-corrected chi connectivity index (χ3v) is 4.55. The smallest absolute Gasteiger partial charge is 0.294 e. The Morgan fingerprint density at radius 1 is 1.14 bits per heavy atom. The minimum absolute atomic E-state index is 0.0682. The number of hydrogen-bond acceptors (Lipinski definition) is 3. The third kappa shape index (κ3) is 4.42. The normalized spacial score (nSPS) is 11.3. The number of hydrogen-bond donors (Lipinski definition) is 2. The first-order valence-electron chi connectivity index (χ1n) is 8.62. The Morgan fingerprint density at radius 3 is 2.29 bits per heavy atom. The van der Waals surface area contributed by atoms with E-state index in [2.05, 4.69) is 10.6 Å². The van der Waals surface area contributed by atoms with Gasteiger partial charge in [-0.25, -0.2) is 4.39 Å². The SMILES string of the molecule is Cc1cc(NC(=O)c2c(Cl)c(C(=O)C(=O)NC(C)(C)C)n(C)c2C)ccc1F. The molecular formula is C20H23ClFN3O3. The molecule has 0 fully saturated rings. The van der Waals surface area contributed by atoms with Crippen molar-refractivity contribution in [2.45, 2.75) is 40.2 Å². The van der Waals surface area contributed by atoms with Crippen LogP contribution < -0.4 is 10.6 Å². The lowest BCUT2D eigenvalue weighted by molar-refractivity contribution is -0.118. The van der Waals surface area contributed by atoms with Gasteiger partial charge >= 0.3 is 0 Å². The van der Waals surface area contributed by atoms with Gasteiger partial charge in [0, 0.05) is 24.0 Å². The molecule has 2 aromatic rings. The molecule has 0 saturated carbocycles. The van der Waals surface area contributed by atoms with Crippen LogP contribution in [0.1, 0.15) is 52.9 Å². The summed E-state index contributed by atoms with van der Waals surface area (Å²) in [4.78, 5) is 37.6. The molecule has 0 bridgehead atoms. The van der Waals surface area contributed by atoms with Crippen LogP contribution in [0, 0.1) is 19.7 Å². The van der Waals surface area contributed by atoms with Gasteiger partial charge in [0.25, 0.3) is 17.6 Å². The third-order valence-electron chi connectivity index (χ3n) is 4.18. The molecule has 1 aromatic heterocycles. The predicted octanol–water partition coefficient (Wildman–Crippen LogP) is 3.78. The summed E-state index contributed by atoms with van der Waals surface area (Å²) in [6.45, 7) is 8.45. The molecule has 6 nitrogen and oxygen atoms in total. The van der Waals surface area contributed by atoms with E-state index in [1.165, 1.54) is 22.8 Å². The van der Waals surface area contributed by atoms with E-state index in [4.69, 9.17) is 11.6 Å². The van der Waals surface area contributed by atoms with Gasteiger partial charge in [0.05, 0.1) is 10.6 Å². The second-order valence-corrected chi connectivity index (χ2v) is 8.01. The van der Waals surface area contributed by atoms with E-state index in [1.54, 1.807) is 41.7 Å². The van der Waals surface area contributed by atoms with Crippen LogP contribution in [0.25, 0.3) is 0 Å². The Bertz CT molecular complexity index is 974. The standard InChI is InChI=1S/C20H23ClFN3O3/c1-10-9-12(7-8-13(10)22)23-18(27)14-11(2)25(6)16(15(14)21)17(26)19(28)24-20(3,4)5/h7-9H,1-6H3,(H,23,27)(H,24,28). The maximum Gasteiger partial charge on any atom is 0.294 e. The second kappa shape index (κ2) is 7.75. The monoisotopic (exact) mass is 407 g/mol. The van der Waals surface area contributed by atoms with Gasteiger partial charge in [-0.05, 0) is 58.4 Å². The molecule has 150 valence electrons. The summed E-state index contributed by atoms with van der Waals surface area (Å²) in [5.41, 5.74) is 0.609. The Kier molecular flexibility index (Phi) is 5.99. The van der Waals surface area contributed by atoms with Crippen molar-refractivity contribution >= 4 is 34.9 Å². The summed E-state index contributed by atoms with van der Waals surface area (Å²) < 4.78 is 14.8. The van der Waals surface area contributed by atoms with Gasteiger partial charge in [-0.15, -0.1) is 0 Å². The molecule has 2 N–H and O–H groups in total. The molecule has 1 heterocycles. The number of benzene rings is 1. The summed E-state index contributed by atoms with van der Waals surface area (Å²) in [6, 6.07) is 4.16. The summed E-state index contributed by atoms with van der Waals surface area (Å²) in [7, 11) is 1.55. The van der Waals surface area contributed by atoms with E-state index in [9.17, 15) is 18.8 Å².